The summed E-state index contributed by atoms with van der Waals surface area (Å²) in [7, 11) is 0. The zero-order valence-electron chi connectivity index (χ0n) is 25.7. The van der Waals surface area contributed by atoms with Gasteiger partial charge in [0.2, 0.25) is 0 Å². The summed E-state index contributed by atoms with van der Waals surface area (Å²) in [5, 5.41) is 10.8. The quantitative estimate of drug-likeness (QED) is 0.242. The number of rotatable bonds is 3. The Kier molecular flexibility index (Phi) is 7.32. The van der Waals surface area contributed by atoms with E-state index >= 15 is 0 Å². The molecule has 0 radical (unpaired) electrons. The number of allylic oxidation sites excluding steroid dienone is 3. The second kappa shape index (κ2) is 9.82. The molecule has 0 spiro atoms. The van der Waals surface area contributed by atoms with Gasteiger partial charge in [0.15, 0.2) is 5.78 Å². The Balaban J connectivity index is 1.64. The number of carbonyl (C=O) groups is 2. The van der Waals surface area contributed by atoms with Gasteiger partial charge in [0.05, 0.1) is 6.10 Å². The van der Waals surface area contributed by atoms with Crippen molar-refractivity contribution >= 4 is 11.8 Å². The summed E-state index contributed by atoms with van der Waals surface area (Å²) < 4.78 is 6.13. The van der Waals surface area contributed by atoms with E-state index in [0.717, 1.165) is 68.9 Å². The fourth-order valence-electron chi connectivity index (χ4n) is 11.2. The normalized spacial score (nSPS) is 48.6. The SMILES string of the molecule is CC(=O)O[C@H]1C[C@@]2(C)[C@H](/C1=C(/C(C)=O)C1CCC(=C(C)C)C1)[C@H](N)C[C@H]1[C@@]3(C)CC[C@@H](O)[C@@H](C)[C@@H]3CC[C@@]12C. The maximum Gasteiger partial charge on any atom is 0.303 e. The van der Waals surface area contributed by atoms with Crippen LogP contribution in [-0.2, 0) is 14.3 Å². The largest absolute Gasteiger partial charge is 0.458 e. The van der Waals surface area contributed by atoms with Gasteiger partial charge in [-0.2, -0.15) is 0 Å². The van der Waals surface area contributed by atoms with Crippen molar-refractivity contribution in [2.45, 2.75) is 131 Å². The lowest BCUT2D eigenvalue weighted by Gasteiger charge is -2.68. The monoisotopic (exact) mass is 539 g/mol. The Morgan fingerprint density at radius 1 is 1.00 bits per heavy atom. The molecule has 5 nitrogen and oxygen atoms in total. The number of aliphatic hydroxyl groups excluding tert-OH is 1. The van der Waals surface area contributed by atoms with Crippen molar-refractivity contribution in [3.05, 3.63) is 22.3 Å². The molecule has 0 bridgehead atoms. The minimum Gasteiger partial charge on any atom is -0.458 e. The molecule has 0 saturated heterocycles. The molecule has 5 aliphatic rings. The summed E-state index contributed by atoms with van der Waals surface area (Å²) in [6.45, 7) is 17.2. The van der Waals surface area contributed by atoms with Gasteiger partial charge in [0.25, 0.3) is 0 Å². The van der Waals surface area contributed by atoms with E-state index in [1.807, 2.05) is 0 Å². The van der Waals surface area contributed by atoms with Crippen molar-refractivity contribution in [3.8, 4) is 0 Å². The maximum atomic E-state index is 13.5. The van der Waals surface area contributed by atoms with Crippen LogP contribution in [0.1, 0.15) is 113 Å². The van der Waals surface area contributed by atoms with Crippen LogP contribution in [0, 0.1) is 45.8 Å². The summed E-state index contributed by atoms with van der Waals surface area (Å²) >= 11 is 0. The zero-order chi connectivity index (χ0) is 28.7. The number of hydrogen-bond donors (Lipinski definition) is 2. The fraction of sp³-hybridized carbons (Fsp3) is 0.824. The van der Waals surface area contributed by atoms with E-state index in [1.54, 1.807) is 6.92 Å². The number of esters is 1. The molecule has 0 aromatic rings. The zero-order valence-corrected chi connectivity index (χ0v) is 25.7. The maximum absolute atomic E-state index is 13.5. The molecule has 11 atom stereocenters. The fourth-order valence-corrected chi connectivity index (χ4v) is 11.2. The number of Topliss-reactive ketones (excluding diaryl/α,β-unsaturated/α-hetero) is 1. The first-order valence-corrected chi connectivity index (χ1v) is 15.7. The Bertz CT molecular complexity index is 1100. The lowest BCUT2D eigenvalue weighted by molar-refractivity contribution is -0.201. The highest BCUT2D eigenvalue weighted by Crippen LogP contribution is 2.74. The molecule has 0 aromatic heterocycles. The lowest BCUT2D eigenvalue weighted by atomic mass is 9.36. The molecule has 5 aliphatic carbocycles. The number of aliphatic hydroxyl groups is 1. The van der Waals surface area contributed by atoms with E-state index in [4.69, 9.17) is 10.5 Å². The van der Waals surface area contributed by atoms with Crippen LogP contribution in [0.15, 0.2) is 22.3 Å². The standard InChI is InChI=1S/C34H53NO4/c1-18(2)22-9-10-23(15-22)29(20(4)36)30-27(39-21(5)37)17-34(8)31(30)25(35)16-28-32(6)13-12-26(38)19(3)24(32)11-14-33(28,34)7/h19,23-28,31,38H,9-17,35H2,1-8H3/b30-29-/t19-,23?,24-,25+,26+,27-,28-,31-,32-,33-,34-/m0/s1. The number of carbonyl (C=O) groups excluding carboxylic acids is 2. The van der Waals surface area contributed by atoms with Gasteiger partial charge in [-0.3, -0.25) is 9.59 Å². The van der Waals surface area contributed by atoms with Gasteiger partial charge in [0.1, 0.15) is 6.10 Å². The van der Waals surface area contributed by atoms with Gasteiger partial charge >= 0.3 is 5.97 Å². The Morgan fingerprint density at radius 2 is 1.69 bits per heavy atom. The average Bonchev–Trinajstić information content (AvgIpc) is 3.43. The molecule has 5 fully saturated rings. The second-order valence-corrected chi connectivity index (χ2v) is 15.2. The number of ether oxygens (including phenoxy) is 1. The van der Waals surface area contributed by atoms with E-state index in [2.05, 4.69) is 41.5 Å². The van der Waals surface area contributed by atoms with E-state index in [-0.39, 0.29) is 58.1 Å². The third-order valence-electron chi connectivity index (χ3n) is 13.2. The van der Waals surface area contributed by atoms with Crippen LogP contribution < -0.4 is 5.73 Å². The molecule has 1 unspecified atom stereocenters. The van der Waals surface area contributed by atoms with E-state index < -0.39 is 0 Å². The third-order valence-corrected chi connectivity index (χ3v) is 13.2. The summed E-state index contributed by atoms with van der Waals surface area (Å²) in [4.78, 5) is 26.0. The number of fused-ring (bicyclic) bond motifs is 5. The van der Waals surface area contributed by atoms with Crippen LogP contribution in [0.5, 0.6) is 0 Å². The predicted octanol–water partition coefficient (Wildman–Crippen LogP) is 6.53. The highest BCUT2D eigenvalue weighted by atomic mass is 16.5. The smallest absolute Gasteiger partial charge is 0.303 e. The van der Waals surface area contributed by atoms with E-state index in [9.17, 15) is 14.7 Å². The van der Waals surface area contributed by atoms with Crippen LogP contribution >= 0.6 is 0 Å². The van der Waals surface area contributed by atoms with Gasteiger partial charge in [-0.05, 0) is 124 Å². The molecular weight excluding hydrogens is 486 g/mol. The van der Waals surface area contributed by atoms with Gasteiger partial charge in [-0.1, -0.05) is 38.8 Å². The highest BCUT2D eigenvalue weighted by molar-refractivity contribution is 5.95. The van der Waals surface area contributed by atoms with Crippen LogP contribution in [0.2, 0.25) is 0 Å². The molecule has 5 heteroatoms. The summed E-state index contributed by atoms with van der Waals surface area (Å²) in [5.74, 6) is 1.30. The molecule has 0 aromatic carbocycles. The third kappa shape index (κ3) is 4.23. The van der Waals surface area contributed by atoms with Gasteiger partial charge < -0.3 is 15.6 Å². The molecule has 0 aliphatic heterocycles. The van der Waals surface area contributed by atoms with Crippen molar-refractivity contribution in [1.82, 2.24) is 0 Å². The van der Waals surface area contributed by atoms with Crippen LogP contribution in [0.3, 0.4) is 0 Å². The Hall–Kier alpha value is -1.46. The van der Waals surface area contributed by atoms with Crippen LogP contribution in [-0.4, -0.2) is 35.1 Å². The average molecular weight is 540 g/mol. The molecule has 3 N–H and O–H groups in total. The first-order chi connectivity index (χ1) is 18.2. The molecule has 218 valence electrons. The number of hydrogen-bond acceptors (Lipinski definition) is 5. The first-order valence-electron chi connectivity index (χ1n) is 15.7. The minimum absolute atomic E-state index is 0.0175. The van der Waals surface area contributed by atoms with Crippen molar-refractivity contribution in [1.29, 1.82) is 0 Å². The number of nitrogens with two attached hydrogens (primary N) is 1. The van der Waals surface area contributed by atoms with Crippen LogP contribution in [0.25, 0.3) is 0 Å². The van der Waals surface area contributed by atoms with E-state index in [0.29, 0.717) is 17.8 Å². The van der Waals surface area contributed by atoms with Crippen LogP contribution in [0.4, 0.5) is 0 Å². The first kappa shape index (κ1) is 29.0. The Morgan fingerprint density at radius 3 is 2.28 bits per heavy atom. The van der Waals surface area contributed by atoms with Gasteiger partial charge in [-0.15, -0.1) is 0 Å². The molecule has 0 amide bonds. The molecule has 5 rings (SSSR count). The summed E-state index contributed by atoms with van der Waals surface area (Å²) in [6.07, 6.45) is 8.12. The number of ketones is 1. The molecule has 0 heterocycles. The molecular formula is C34H53NO4. The van der Waals surface area contributed by atoms with E-state index in [1.165, 1.54) is 18.1 Å². The molecule has 39 heavy (non-hydrogen) atoms. The second-order valence-electron chi connectivity index (χ2n) is 15.2. The van der Waals surface area contributed by atoms with Gasteiger partial charge in [0, 0.05) is 24.5 Å². The van der Waals surface area contributed by atoms with Crippen molar-refractivity contribution in [3.63, 3.8) is 0 Å². The predicted molar refractivity (Wildman–Crippen MR) is 155 cm³/mol. The minimum atomic E-state index is -0.383. The van der Waals surface area contributed by atoms with Gasteiger partial charge in [-0.25, -0.2) is 0 Å². The summed E-state index contributed by atoms with van der Waals surface area (Å²) in [6, 6.07) is -0.0833. The highest BCUT2D eigenvalue weighted by Gasteiger charge is 2.70. The van der Waals surface area contributed by atoms with Crippen molar-refractivity contribution < 1.29 is 19.4 Å². The Labute approximate surface area is 236 Å². The molecule has 5 saturated carbocycles. The lowest BCUT2D eigenvalue weighted by Crippen LogP contribution is -2.65. The van der Waals surface area contributed by atoms with Crippen molar-refractivity contribution in [2.24, 2.45) is 51.6 Å². The van der Waals surface area contributed by atoms with Crippen molar-refractivity contribution in [2.75, 3.05) is 0 Å². The summed E-state index contributed by atoms with van der Waals surface area (Å²) in [5.41, 5.74) is 12.0. The topological polar surface area (TPSA) is 89.6 Å².